The summed E-state index contributed by atoms with van der Waals surface area (Å²) in [5.74, 6) is 1.02. The number of hydrogen-bond acceptors (Lipinski definition) is 1. The average Bonchev–Trinajstić information content (AvgIpc) is 2.18. The fourth-order valence-electron chi connectivity index (χ4n) is 1.68. The molecule has 64 valence electrons. The molecular formula is C9H17NO. The molecule has 1 atom stereocenters. The summed E-state index contributed by atoms with van der Waals surface area (Å²) in [5.41, 5.74) is 0. The molecule has 1 aliphatic rings. The first-order chi connectivity index (χ1) is 5.11. The second-order valence-electron chi connectivity index (χ2n) is 3.83. The van der Waals surface area contributed by atoms with Gasteiger partial charge in [-0.05, 0) is 18.8 Å². The molecule has 1 rings (SSSR count). The number of rotatable bonds is 2. The van der Waals surface area contributed by atoms with Crippen molar-refractivity contribution in [2.75, 3.05) is 7.05 Å². The van der Waals surface area contributed by atoms with Crippen molar-refractivity contribution in [2.24, 2.45) is 5.92 Å². The Balaban J connectivity index is 2.42. The van der Waals surface area contributed by atoms with Crippen LogP contribution in [0.15, 0.2) is 0 Å². The smallest absolute Gasteiger partial charge is 0.222 e. The summed E-state index contributed by atoms with van der Waals surface area (Å²) >= 11 is 0. The normalized spacial score (nSPS) is 25.3. The zero-order valence-corrected chi connectivity index (χ0v) is 7.63. The summed E-state index contributed by atoms with van der Waals surface area (Å²) in [4.78, 5) is 13.0. The van der Waals surface area contributed by atoms with E-state index in [-0.39, 0.29) is 0 Å². The van der Waals surface area contributed by atoms with Crippen LogP contribution < -0.4 is 0 Å². The van der Waals surface area contributed by atoms with E-state index in [9.17, 15) is 4.79 Å². The van der Waals surface area contributed by atoms with Crippen molar-refractivity contribution < 1.29 is 4.79 Å². The van der Waals surface area contributed by atoms with Gasteiger partial charge in [-0.1, -0.05) is 13.8 Å². The summed E-state index contributed by atoms with van der Waals surface area (Å²) in [5, 5.41) is 0. The summed E-state index contributed by atoms with van der Waals surface area (Å²) < 4.78 is 0. The van der Waals surface area contributed by atoms with Crippen LogP contribution in [-0.2, 0) is 4.79 Å². The summed E-state index contributed by atoms with van der Waals surface area (Å²) in [6.45, 7) is 4.41. The van der Waals surface area contributed by atoms with Crippen LogP contribution in [0.3, 0.4) is 0 Å². The van der Waals surface area contributed by atoms with Gasteiger partial charge in [-0.15, -0.1) is 0 Å². The van der Waals surface area contributed by atoms with Crippen LogP contribution in [-0.4, -0.2) is 23.9 Å². The van der Waals surface area contributed by atoms with Gasteiger partial charge in [-0.2, -0.15) is 0 Å². The topological polar surface area (TPSA) is 20.3 Å². The number of carbonyl (C=O) groups excluding carboxylic acids is 1. The van der Waals surface area contributed by atoms with E-state index in [2.05, 4.69) is 13.8 Å². The third-order valence-electron chi connectivity index (χ3n) is 2.38. The first-order valence-corrected chi connectivity index (χ1v) is 4.37. The highest BCUT2D eigenvalue weighted by molar-refractivity contribution is 5.78. The van der Waals surface area contributed by atoms with Crippen LogP contribution in [0.25, 0.3) is 0 Å². The Hall–Kier alpha value is -0.530. The highest BCUT2D eigenvalue weighted by Crippen LogP contribution is 2.22. The fraction of sp³-hybridized carbons (Fsp3) is 0.889. The molecule has 2 nitrogen and oxygen atoms in total. The molecule has 0 aliphatic carbocycles. The second-order valence-corrected chi connectivity index (χ2v) is 3.83. The Kier molecular flexibility index (Phi) is 2.53. The Morgan fingerprint density at radius 3 is 2.64 bits per heavy atom. The fourth-order valence-corrected chi connectivity index (χ4v) is 1.68. The van der Waals surface area contributed by atoms with E-state index in [4.69, 9.17) is 0 Å². The molecule has 1 amide bonds. The minimum atomic E-state index is 0.315. The maximum Gasteiger partial charge on any atom is 0.222 e. The number of hydrogen-bond donors (Lipinski definition) is 0. The predicted molar refractivity (Wildman–Crippen MR) is 45.2 cm³/mol. The number of likely N-dealkylation sites (tertiary alicyclic amines) is 1. The minimum absolute atomic E-state index is 0.315. The van der Waals surface area contributed by atoms with Crippen molar-refractivity contribution in [2.45, 2.75) is 39.2 Å². The molecule has 0 radical (unpaired) electrons. The lowest BCUT2D eigenvalue weighted by Gasteiger charge is -2.21. The van der Waals surface area contributed by atoms with Gasteiger partial charge in [-0.3, -0.25) is 4.79 Å². The molecule has 1 heterocycles. The number of amides is 1. The molecule has 0 aromatic carbocycles. The maximum absolute atomic E-state index is 11.1. The molecular weight excluding hydrogens is 138 g/mol. The van der Waals surface area contributed by atoms with Gasteiger partial charge in [0.15, 0.2) is 0 Å². The highest BCUT2D eigenvalue weighted by atomic mass is 16.2. The maximum atomic E-state index is 11.1. The molecule has 0 aromatic rings. The summed E-state index contributed by atoms with van der Waals surface area (Å²) in [6.07, 6.45) is 2.98. The molecule has 0 N–H and O–H groups in total. The third-order valence-corrected chi connectivity index (χ3v) is 2.38. The van der Waals surface area contributed by atoms with Crippen molar-refractivity contribution in [3.63, 3.8) is 0 Å². The van der Waals surface area contributed by atoms with Crippen LogP contribution >= 0.6 is 0 Å². The van der Waals surface area contributed by atoms with E-state index in [0.717, 1.165) is 19.3 Å². The molecule has 1 saturated heterocycles. The van der Waals surface area contributed by atoms with Gasteiger partial charge in [-0.25, -0.2) is 0 Å². The molecule has 0 bridgehead atoms. The van der Waals surface area contributed by atoms with Gasteiger partial charge >= 0.3 is 0 Å². The van der Waals surface area contributed by atoms with Crippen molar-refractivity contribution in [1.82, 2.24) is 4.90 Å². The van der Waals surface area contributed by atoms with Gasteiger partial charge in [0, 0.05) is 19.5 Å². The van der Waals surface area contributed by atoms with Crippen LogP contribution in [0.5, 0.6) is 0 Å². The first kappa shape index (κ1) is 8.57. The Bertz CT molecular complexity index is 154. The molecule has 1 aliphatic heterocycles. The van der Waals surface area contributed by atoms with Crippen molar-refractivity contribution >= 4 is 5.91 Å². The van der Waals surface area contributed by atoms with Gasteiger partial charge in [0.05, 0.1) is 0 Å². The Labute approximate surface area is 68.6 Å². The Morgan fingerprint density at radius 1 is 1.64 bits per heavy atom. The van der Waals surface area contributed by atoms with E-state index in [1.54, 1.807) is 0 Å². The molecule has 0 unspecified atom stereocenters. The average molecular weight is 155 g/mol. The zero-order valence-electron chi connectivity index (χ0n) is 7.63. The van der Waals surface area contributed by atoms with Gasteiger partial charge < -0.3 is 4.90 Å². The van der Waals surface area contributed by atoms with E-state index >= 15 is 0 Å². The van der Waals surface area contributed by atoms with E-state index in [1.165, 1.54) is 0 Å². The van der Waals surface area contributed by atoms with Crippen LogP contribution in [0.4, 0.5) is 0 Å². The highest BCUT2D eigenvalue weighted by Gasteiger charge is 2.27. The van der Waals surface area contributed by atoms with Crippen LogP contribution in [0.2, 0.25) is 0 Å². The molecule has 1 fully saturated rings. The van der Waals surface area contributed by atoms with E-state index in [1.807, 2.05) is 11.9 Å². The molecule has 0 aromatic heterocycles. The van der Waals surface area contributed by atoms with Gasteiger partial charge in [0.25, 0.3) is 0 Å². The van der Waals surface area contributed by atoms with Crippen LogP contribution in [0.1, 0.15) is 33.1 Å². The SMILES string of the molecule is CC(C)C[C@@H]1CCC(=O)N1C. The Morgan fingerprint density at radius 2 is 2.27 bits per heavy atom. The predicted octanol–water partition coefficient (Wildman–Crippen LogP) is 1.65. The monoisotopic (exact) mass is 155 g/mol. The standard InChI is InChI=1S/C9H17NO/c1-7(2)6-8-4-5-9(11)10(8)3/h7-8H,4-6H2,1-3H3/t8-/m0/s1. The van der Waals surface area contributed by atoms with E-state index < -0.39 is 0 Å². The molecule has 11 heavy (non-hydrogen) atoms. The van der Waals surface area contributed by atoms with Crippen molar-refractivity contribution in [1.29, 1.82) is 0 Å². The molecule has 2 heteroatoms. The number of nitrogens with zero attached hydrogens (tertiary/aromatic N) is 1. The van der Waals surface area contributed by atoms with Crippen molar-refractivity contribution in [3.8, 4) is 0 Å². The van der Waals surface area contributed by atoms with Crippen molar-refractivity contribution in [3.05, 3.63) is 0 Å². The lowest BCUT2D eigenvalue weighted by atomic mass is 10.0. The quantitative estimate of drug-likeness (QED) is 0.594. The van der Waals surface area contributed by atoms with Crippen LogP contribution in [0, 0.1) is 5.92 Å². The molecule has 0 spiro atoms. The largest absolute Gasteiger partial charge is 0.343 e. The number of carbonyl (C=O) groups is 1. The van der Waals surface area contributed by atoms with E-state index in [0.29, 0.717) is 17.9 Å². The lowest BCUT2D eigenvalue weighted by Crippen LogP contribution is -2.29. The zero-order chi connectivity index (χ0) is 8.43. The summed E-state index contributed by atoms with van der Waals surface area (Å²) in [7, 11) is 1.92. The summed E-state index contributed by atoms with van der Waals surface area (Å²) in [6, 6.07) is 0.516. The molecule has 0 saturated carbocycles. The first-order valence-electron chi connectivity index (χ1n) is 4.37. The second kappa shape index (κ2) is 3.24. The van der Waals surface area contributed by atoms with Gasteiger partial charge in [0.2, 0.25) is 5.91 Å². The third kappa shape index (κ3) is 1.95. The lowest BCUT2D eigenvalue weighted by molar-refractivity contribution is -0.127. The van der Waals surface area contributed by atoms with Gasteiger partial charge in [0.1, 0.15) is 0 Å². The minimum Gasteiger partial charge on any atom is -0.343 e.